The standard InChI is InChI=1S/C31H41FN2O6/c1-30(11-4-12-30)17-33-28(36)25-18-5-7-19(8-6-18)26(25)34-27(35)21-15-24(22(32)16-23(21)39-3)40-20-9-13-31(2,14-10-20)29(37)38/h5,7,15-16,18-20,25-26H,4,6,8-14,17H2,1-3H3,(H,33,36)(H,34,35)(H,37,38)/t18?,19?,20-,25-,26+,31+/m0/s1. The lowest BCUT2D eigenvalue weighted by molar-refractivity contribution is -0.150. The minimum atomic E-state index is -0.837. The van der Waals surface area contributed by atoms with Gasteiger partial charge in [0.15, 0.2) is 11.6 Å². The second-order valence-corrected chi connectivity index (χ2v) is 12.9. The Labute approximate surface area is 235 Å². The van der Waals surface area contributed by atoms with Crippen LogP contribution in [0.3, 0.4) is 0 Å². The van der Waals surface area contributed by atoms with Gasteiger partial charge in [0.05, 0.1) is 30.1 Å². The molecular weight excluding hydrogens is 515 g/mol. The van der Waals surface area contributed by atoms with E-state index < -0.39 is 23.1 Å². The fraction of sp³-hybridized carbons (Fsp3) is 0.645. The average Bonchev–Trinajstić information content (AvgIpc) is 2.93. The highest BCUT2D eigenvalue weighted by Crippen LogP contribution is 2.43. The van der Waals surface area contributed by atoms with Gasteiger partial charge < -0.3 is 25.2 Å². The number of nitrogens with one attached hydrogen (secondary N) is 2. The number of fused-ring (bicyclic) bond motifs is 2. The summed E-state index contributed by atoms with van der Waals surface area (Å²) in [6, 6.07) is 2.12. The van der Waals surface area contributed by atoms with Gasteiger partial charge in [-0.1, -0.05) is 25.5 Å². The number of ether oxygens (including phenoxy) is 2. The van der Waals surface area contributed by atoms with E-state index in [2.05, 4.69) is 29.7 Å². The summed E-state index contributed by atoms with van der Waals surface area (Å²) in [7, 11) is 1.38. The molecule has 1 aromatic carbocycles. The lowest BCUT2D eigenvalue weighted by Crippen LogP contribution is -2.57. The van der Waals surface area contributed by atoms with Crippen LogP contribution in [0.5, 0.6) is 11.5 Å². The monoisotopic (exact) mass is 556 g/mol. The molecule has 9 heteroatoms. The fourth-order valence-corrected chi connectivity index (χ4v) is 6.86. The molecule has 0 aromatic heterocycles. The molecule has 218 valence electrons. The van der Waals surface area contributed by atoms with Crippen LogP contribution >= 0.6 is 0 Å². The van der Waals surface area contributed by atoms with E-state index in [9.17, 15) is 23.9 Å². The predicted molar refractivity (Wildman–Crippen MR) is 147 cm³/mol. The zero-order valence-electron chi connectivity index (χ0n) is 23.6. The van der Waals surface area contributed by atoms with Crippen molar-refractivity contribution in [2.24, 2.45) is 28.6 Å². The summed E-state index contributed by atoms with van der Waals surface area (Å²) in [4.78, 5) is 38.6. The van der Waals surface area contributed by atoms with Gasteiger partial charge in [0, 0.05) is 18.7 Å². The molecule has 2 bridgehead atoms. The summed E-state index contributed by atoms with van der Waals surface area (Å²) in [5.74, 6) is -2.22. The van der Waals surface area contributed by atoms with Crippen molar-refractivity contribution in [2.75, 3.05) is 13.7 Å². The van der Waals surface area contributed by atoms with Crippen LogP contribution < -0.4 is 20.1 Å². The molecule has 0 radical (unpaired) electrons. The zero-order chi connectivity index (χ0) is 28.7. The lowest BCUT2D eigenvalue weighted by atomic mass is 9.65. The molecular formula is C31H41FN2O6. The van der Waals surface area contributed by atoms with Crippen LogP contribution in [0.15, 0.2) is 24.3 Å². The van der Waals surface area contributed by atoms with Gasteiger partial charge in [-0.2, -0.15) is 0 Å². The molecule has 0 aliphatic heterocycles. The highest BCUT2D eigenvalue weighted by Gasteiger charge is 2.46. The summed E-state index contributed by atoms with van der Waals surface area (Å²) >= 11 is 0. The Morgan fingerprint density at radius 3 is 2.25 bits per heavy atom. The quantitative estimate of drug-likeness (QED) is 0.374. The van der Waals surface area contributed by atoms with E-state index in [4.69, 9.17) is 9.47 Å². The summed E-state index contributed by atoms with van der Waals surface area (Å²) in [6.07, 6.45) is 10.9. The second kappa shape index (κ2) is 11.1. The molecule has 6 rings (SSSR count). The Kier molecular flexibility index (Phi) is 7.86. The highest BCUT2D eigenvalue weighted by atomic mass is 19.1. The van der Waals surface area contributed by atoms with Crippen molar-refractivity contribution in [2.45, 2.75) is 83.8 Å². The van der Waals surface area contributed by atoms with Gasteiger partial charge in [0.25, 0.3) is 5.91 Å². The molecule has 3 saturated carbocycles. The average molecular weight is 557 g/mol. The SMILES string of the molecule is COc1cc(F)c(O[C@H]2CC[C@@](C)(C(=O)O)CC2)cc1C(=O)N[C@@H]1C2C=CC(CC2)[C@@H]1C(=O)NCC1(C)CCC1. The maximum Gasteiger partial charge on any atom is 0.309 e. The van der Waals surface area contributed by atoms with E-state index in [1.54, 1.807) is 6.92 Å². The second-order valence-electron chi connectivity index (χ2n) is 12.9. The number of halogens is 1. The minimum absolute atomic E-state index is 0.0294. The number of carboxylic acid groups (broad SMARTS) is 1. The zero-order valence-corrected chi connectivity index (χ0v) is 23.6. The molecule has 5 aliphatic rings. The number of benzene rings is 1. The number of carboxylic acids is 1. The topological polar surface area (TPSA) is 114 Å². The van der Waals surface area contributed by atoms with Crippen molar-refractivity contribution < 1.29 is 33.4 Å². The maximum atomic E-state index is 15.0. The van der Waals surface area contributed by atoms with Crippen molar-refractivity contribution in [3.63, 3.8) is 0 Å². The van der Waals surface area contributed by atoms with Crippen molar-refractivity contribution in [3.8, 4) is 11.5 Å². The van der Waals surface area contributed by atoms with Gasteiger partial charge in [-0.05, 0) is 81.6 Å². The van der Waals surface area contributed by atoms with Crippen LogP contribution in [-0.4, -0.2) is 48.7 Å². The molecule has 3 fully saturated rings. The largest absolute Gasteiger partial charge is 0.496 e. The first kappa shape index (κ1) is 28.4. The summed E-state index contributed by atoms with van der Waals surface area (Å²) in [5, 5.41) is 15.8. The van der Waals surface area contributed by atoms with Gasteiger partial charge in [0.2, 0.25) is 5.91 Å². The molecule has 0 heterocycles. The summed E-state index contributed by atoms with van der Waals surface area (Å²) in [5.41, 5.74) is -0.521. The van der Waals surface area contributed by atoms with Crippen LogP contribution in [0, 0.1) is 34.4 Å². The van der Waals surface area contributed by atoms with Crippen LogP contribution in [0.1, 0.15) is 82.0 Å². The molecule has 2 amide bonds. The van der Waals surface area contributed by atoms with Gasteiger partial charge in [0.1, 0.15) is 5.75 Å². The molecule has 0 saturated heterocycles. The van der Waals surface area contributed by atoms with Gasteiger partial charge in [-0.3, -0.25) is 14.4 Å². The van der Waals surface area contributed by atoms with E-state index in [0.717, 1.165) is 31.7 Å². The molecule has 8 nitrogen and oxygen atoms in total. The first-order valence-corrected chi connectivity index (χ1v) is 14.6. The van der Waals surface area contributed by atoms with E-state index in [1.807, 2.05) is 0 Å². The fourth-order valence-electron chi connectivity index (χ4n) is 6.86. The number of allylic oxidation sites excluding steroid dienone is 1. The number of hydrogen-bond acceptors (Lipinski definition) is 5. The van der Waals surface area contributed by atoms with E-state index in [0.29, 0.717) is 32.2 Å². The Balaban J connectivity index is 1.31. The number of carbonyl (C=O) groups is 3. The van der Waals surface area contributed by atoms with Gasteiger partial charge in [-0.25, -0.2) is 4.39 Å². The molecule has 0 spiro atoms. The normalized spacial score (nSPS) is 32.0. The molecule has 1 aromatic rings. The minimum Gasteiger partial charge on any atom is -0.496 e. The Bertz CT molecular complexity index is 1190. The van der Waals surface area contributed by atoms with Crippen molar-refractivity contribution in [3.05, 3.63) is 35.7 Å². The number of methoxy groups -OCH3 is 1. The number of aliphatic carboxylic acids is 1. The molecule has 3 N–H and O–H groups in total. The molecule has 4 atom stereocenters. The lowest BCUT2D eigenvalue weighted by Gasteiger charge is -2.45. The summed E-state index contributed by atoms with van der Waals surface area (Å²) in [6.45, 7) is 4.56. The Morgan fingerprint density at radius 1 is 1.00 bits per heavy atom. The molecule has 2 unspecified atom stereocenters. The highest BCUT2D eigenvalue weighted by molar-refractivity contribution is 5.98. The predicted octanol–water partition coefficient (Wildman–Crippen LogP) is 4.86. The van der Waals surface area contributed by atoms with E-state index in [1.165, 1.54) is 19.6 Å². The third-order valence-electron chi connectivity index (χ3n) is 9.94. The Morgan fingerprint density at radius 2 is 1.68 bits per heavy atom. The van der Waals surface area contributed by atoms with Crippen molar-refractivity contribution >= 4 is 17.8 Å². The third-order valence-corrected chi connectivity index (χ3v) is 9.94. The van der Waals surface area contributed by atoms with Gasteiger partial charge >= 0.3 is 5.97 Å². The van der Waals surface area contributed by atoms with Crippen LogP contribution in [0.25, 0.3) is 0 Å². The van der Waals surface area contributed by atoms with E-state index in [-0.39, 0.29) is 58.3 Å². The van der Waals surface area contributed by atoms with Gasteiger partial charge in [-0.15, -0.1) is 0 Å². The van der Waals surface area contributed by atoms with Crippen LogP contribution in [0.4, 0.5) is 4.39 Å². The summed E-state index contributed by atoms with van der Waals surface area (Å²) < 4.78 is 26.3. The van der Waals surface area contributed by atoms with Crippen LogP contribution in [-0.2, 0) is 9.59 Å². The van der Waals surface area contributed by atoms with Crippen molar-refractivity contribution in [1.29, 1.82) is 0 Å². The number of carbonyl (C=O) groups excluding carboxylic acids is 2. The van der Waals surface area contributed by atoms with Crippen molar-refractivity contribution in [1.82, 2.24) is 10.6 Å². The first-order chi connectivity index (χ1) is 19.0. The Hall–Kier alpha value is -3.10. The molecule has 40 heavy (non-hydrogen) atoms. The smallest absolute Gasteiger partial charge is 0.309 e. The number of rotatable bonds is 9. The first-order valence-electron chi connectivity index (χ1n) is 14.6. The van der Waals surface area contributed by atoms with Crippen LogP contribution in [0.2, 0.25) is 0 Å². The van der Waals surface area contributed by atoms with E-state index >= 15 is 0 Å². The number of amides is 2. The third kappa shape index (κ3) is 5.56. The maximum absolute atomic E-state index is 15.0. The number of hydrogen-bond donors (Lipinski definition) is 3. The molecule has 5 aliphatic carbocycles.